The summed E-state index contributed by atoms with van der Waals surface area (Å²) in [4.78, 5) is 8.43. The molecule has 1 aromatic rings. The minimum atomic E-state index is 0.450. The van der Waals surface area contributed by atoms with Gasteiger partial charge in [-0.1, -0.05) is 20.8 Å². The van der Waals surface area contributed by atoms with Crippen molar-refractivity contribution in [3.05, 3.63) is 18.1 Å². The van der Waals surface area contributed by atoms with E-state index in [4.69, 9.17) is 0 Å². The van der Waals surface area contributed by atoms with E-state index >= 15 is 0 Å². The van der Waals surface area contributed by atoms with Crippen molar-refractivity contribution >= 4 is 17.6 Å². The van der Waals surface area contributed by atoms with Crippen LogP contribution in [0.1, 0.15) is 32.4 Å². The van der Waals surface area contributed by atoms with Gasteiger partial charge in [-0.3, -0.25) is 0 Å². The number of hydrogen-bond donors (Lipinski definition) is 1. The number of nitrogens with one attached hydrogen (secondary N) is 1. The summed E-state index contributed by atoms with van der Waals surface area (Å²) < 4.78 is 0. The molecule has 0 aliphatic carbocycles. The Labute approximate surface area is 96.1 Å². The Hall–Kier alpha value is -0.770. The van der Waals surface area contributed by atoms with E-state index in [-0.39, 0.29) is 0 Å². The molecule has 84 valence electrons. The lowest BCUT2D eigenvalue weighted by Gasteiger charge is -2.11. The maximum Gasteiger partial charge on any atom is 0.129 e. The van der Waals surface area contributed by atoms with Gasteiger partial charge in [-0.2, -0.15) is 11.8 Å². The molecule has 0 radical (unpaired) electrons. The van der Waals surface area contributed by atoms with Gasteiger partial charge in [0.05, 0.1) is 0 Å². The topological polar surface area (TPSA) is 37.8 Å². The van der Waals surface area contributed by atoms with E-state index in [9.17, 15) is 0 Å². The molecule has 0 saturated carbocycles. The average molecular weight is 225 g/mol. The van der Waals surface area contributed by atoms with Crippen molar-refractivity contribution in [2.24, 2.45) is 0 Å². The number of thioether (sulfide) groups is 1. The summed E-state index contributed by atoms with van der Waals surface area (Å²) in [6.45, 7) is 7.41. The minimum absolute atomic E-state index is 0.450. The Morgan fingerprint density at radius 3 is 2.67 bits per heavy atom. The predicted octanol–water partition coefficient (Wildman–Crippen LogP) is 2.76. The van der Waals surface area contributed by atoms with Crippen molar-refractivity contribution in [2.45, 2.75) is 31.9 Å². The smallest absolute Gasteiger partial charge is 0.129 e. The van der Waals surface area contributed by atoms with Crippen molar-refractivity contribution in [3.63, 3.8) is 0 Å². The molecule has 4 heteroatoms. The van der Waals surface area contributed by atoms with Gasteiger partial charge >= 0.3 is 0 Å². The van der Waals surface area contributed by atoms with E-state index < -0.39 is 0 Å². The zero-order chi connectivity index (χ0) is 11.3. The van der Waals surface area contributed by atoms with Gasteiger partial charge in [-0.25, -0.2) is 9.97 Å². The van der Waals surface area contributed by atoms with Gasteiger partial charge in [-0.05, 0) is 12.2 Å². The fourth-order valence-corrected chi connectivity index (χ4v) is 1.37. The quantitative estimate of drug-likeness (QED) is 0.836. The van der Waals surface area contributed by atoms with E-state index in [2.05, 4.69) is 42.3 Å². The lowest BCUT2D eigenvalue weighted by molar-refractivity contribution is 0.813. The first-order chi connectivity index (χ1) is 7.13. The van der Waals surface area contributed by atoms with Crippen LogP contribution >= 0.6 is 11.8 Å². The zero-order valence-electron chi connectivity index (χ0n) is 9.82. The van der Waals surface area contributed by atoms with Gasteiger partial charge in [0.25, 0.3) is 0 Å². The Kier molecular flexibility index (Phi) is 4.88. The molecule has 0 bridgehead atoms. The van der Waals surface area contributed by atoms with Crippen LogP contribution in [0.25, 0.3) is 0 Å². The van der Waals surface area contributed by atoms with E-state index in [1.807, 2.05) is 17.8 Å². The van der Waals surface area contributed by atoms with E-state index in [0.29, 0.717) is 11.2 Å². The van der Waals surface area contributed by atoms with Crippen molar-refractivity contribution in [1.29, 1.82) is 0 Å². The van der Waals surface area contributed by atoms with Crippen LogP contribution in [0.15, 0.2) is 12.4 Å². The van der Waals surface area contributed by atoms with E-state index in [1.54, 1.807) is 6.33 Å². The van der Waals surface area contributed by atoms with Crippen LogP contribution in [0, 0.1) is 0 Å². The van der Waals surface area contributed by atoms with Gasteiger partial charge in [0.2, 0.25) is 0 Å². The van der Waals surface area contributed by atoms with E-state index in [1.165, 1.54) is 0 Å². The van der Waals surface area contributed by atoms with E-state index in [0.717, 1.165) is 18.1 Å². The Balaban J connectivity index is 2.58. The Morgan fingerprint density at radius 2 is 2.07 bits per heavy atom. The highest BCUT2D eigenvalue weighted by atomic mass is 32.2. The molecule has 0 aliphatic rings. The van der Waals surface area contributed by atoms with Gasteiger partial charge in [0, 0.05) is 23.6 Å². The summed E-state index contributed by atoms with van der Waals surface area (Å²) in [6.07, 6.45) is 3.74. The van der Waals surface area contributed by atoms with Crippen molar-refractivity contribution in [1.82, 2.24) is 9.97 Å². The summed E-state index contributed by atoms with van der Waals surface area (Å²) in [5, 5.41) is 3.92. The lowest BCUT2D eigenvalue weighted by Crippen LogP contribution is -2.13. The molecular formula is C11H19N3S. The molecule has 0 spiro atoms. The fourth-order valence-electron chi connectivity index (χ4n) is 1.12. The second kappa shape index (κ2) is 5.95. The predicted molar refractivity (Wildman–Crippen MR) is 67.6 cm³/mol. The van der Waals surface area contributed by atoms with Crippen LogP contribution in [0.3, 0.4) is 0 Å². The summed E-state index contributed by atoms with van der Waals surface area (Å²) in [6, 6.07) is 2.03. The molecule has 3 nitrogen and oxygen atoms in total. The monoisotopic (exact) mass is 225 g/mol. The van der Waals surface area contributed by atoms with Crippen molar-refractivity contribution in [2.75, 3.05) is 18.1 Å². The van der Waals surface area contributed by atoms with Crippen LogP contribution in [0.4, 0.5) is 5.82 Å². The first-order valence-electron chi connectivity index (χ1n) is 5.22. The number of hydrogen-bond acceptors (Lipinski definition) is 4. The molecule has 1 aromatic heterocycles. The molecular weight excluding hydrogens is 206 g/mol. The summed E-state index contributed by atoms with van der Waals surface area (Å²) >= 11 is 1.85. The molecule has 1 unspecified atom stereocenters. The summed E-state index contributed by atoms with van der Waals surface area (Å²) in [7, 11) is 0. The molecule has 0 aromatic carbocycles. The highest BCUT2D eigenvalue weighted by molar-refractivity contribution is 7.99. The third-order valence-corrected chi connectivity index (χ3v) is 3.22. The molecule has 0 aliphatic heterocycles. The molecule has 0 amide bonds. The molecule has 0 saturated heterocycles. The van der Waals surface area contributed by atoms with Crippen LogP contribution in [-0.4, -0.2) is 28.0 Å². The second-order valence-corrected chi connectivity index (χ2v) is 5.19. The van der Waals surface area contributed by atoms with Gasteiger partial charge in [0.1, 0.15) is 12.1 Å². The van der Waals surface area contributed by atoms with Crippen LogP contribution in [-0.2, 0) is 0 Å². The molecule has 1 rings (SSSR count). The molecule has 15 heavy (non-hydrogen) atoms. The molecule has 1 N–H and O–H groups in total. The fraction of sp³-hybridized carbons (Fsp3) is 0.636. The van der Waals surface area contributed by atoms with Crippen LogP contribution < -0.4 is 5.32 Å². The van der Waals surface area contributed by atoms with Gasteiger partial charge < -0.3 is 5.32 Å². The van der Waals surface area contributed by atoms with Crippen molar-refractivity contribution in [3.8, 4) is 0 Å². The van der Waals surface area contributed by atoms with Gasteiger partial charge in [-0.15, -0.1) is 0 Å². The number of anilines is 1. The normalized spacial score (nSPS) is 12.9. The maximum absolute atomic E-state index is 4.23. The third-order valence-electron chi connectivity index (χ3n) is 2.25. The standard InChI is InChI=1S/C11H19N3S/c1-8(2)10-5-11(14-7-13-10)12-6-9(3)15-4/h5,7-9H,6H2,1-4H3,(H,12,13,14). The first-order valence-corrected chi connectivity index (χ1v) is 6.51. The number of aromatic nitrogens is 2. The van der Waals surface area contributed by atoms with Crippen molar-refractivity contribution < 1.29 is 0 Å². The molecule has 1 atom stereocenters. The Morgan fingerprint density at radius 1 is 1.33 bits per heavy atom. The highest BCUT2D eigenvalue weighted by Crippen LogP contribution is 2.14. The zero-order valence-corrected chi connectivity index (χ0v) is 10.6. The number of nitrogens with zero attached hydrogens (tertiary/aromatic N) is 2. The Bertz CT molecular complexity index is 302. The maximum atomic E-state index is 4.23. The van der Waals surface area contributed by atoms with Crippen LogP contribution in [0.5, 0.6) is 0 Å². The number of rotatable bonds is 5. The summed E-state index contributed by atoms with van der Waals surface area (Å²) in [5.74, 6) is 1.38. The minimum Gasteiger partial charge on any atom is -0.369 e. The molecule has 0 fully saturated rings. The molecule has 1 heterocycles. The lowest BCUT2D eigenvalue weighted by atomic mass is 10.1. The van der Waals surface area contributed by atoms with Gasteiger partial charge in [0.15, 0.2) is 0 Å². The SMILES string of the molecule is CSC(C)CNc1cc(C(C)C)ncn1. The largest absolute Gasteiger partial charge is 0.369 e. The average Bonchev–Trinajstić information content (AvgIpc) is 2.26. The second-order valence-electron chi connectivity index (χ2n) is 3.91. The van der Waals surface area contributed by atoms with Crippen LogP contribution in [0.2, 0.25) is 0 Å². The first kappa shape index (κ1) is 12.3. The third kappa shape index (κ3) is 4.08. The highest BCUT2D eigenvalue weighted by Gasteiger charge is 2.04. The summed E-state index contributed by atoms with van der Waals surface area (Å²) in [5.41, 5.74) is 1.09.